The van der Waals surface area contributed by atoms with Crippen LogP contribution in [0.5, 0.6) is 0 Å². The highest BCUT2D eigenvalue weighted by Crippen LogP contribution is 2.34. The number of aliphatic hydroxyl groups is 2. The Morgan fingerprint density at radius 1 is 1.38 bits per heavy atom. The molecule has 0 radical (unpaired) electrons. The number of β-amino-alcohol motifs (C(OH)–C–C–N with tert-alkyl or cyclic N) is 1. The van der Waals surface area contributed by atoms with Crippen LogP contribution in [0.25, 0.3) is 20.9 Å². The fourth-order valence-electron chi connectivity index (χ4n) is 5.00. The Kier molecular flexibility index (Phi) is 13.2. The average Bonchev–Trinajstić information content (AvgIpc) is 3.64. The van der Waals surface area contributed by atoms with Gasteiger partial charge in [-0.3, -0.25) is 9.59 Å². The number of rotatable bonds is 15. The molecule has 4 atom stereocenters. The number of carbonyl (C=O) groups is 3. The molecule has 13 nitrogen and oxygen atoms in total. The summed E-state index contributed by atoms with van der Waals surface area (Å²) >= 11 is 2.93. The minimum absolute atomic E-state index is 0.00413. The summed E-state index contributed by atoms with van der Waals surface area (Å²) in [7, 11) is 1.62. The number of hydrogen-bond acceptors (Lipinski definition) is 10. The monoisotopic (exact) mass is 659 g/mol. The fourth-order valence-corrected chi connectivity index (χ4v) is 6.91. The summed E-state index contributed by atoms with van der Waals surface area (Å²) in [5.74, 6) is -0.558. The number of aromatic nitrogens is 1. The predicted octanol–water partition coefficient (Wildman–Crippen LogP) is 4.07. The number of nitrogens with zero attached hydrogens (tertiary/aromatic N) is 6. The second kappa shape index (κ2) is 16.6. The molecule has 1 fully saturated rings. The molecule has 1 aliphatic rings. The van der Waals surface area contributed by atoms with Crippen LogP contribution in [0.2, 0.25) is 0 Å². The quantitative estimate of drug-likeness (QED) is 0.0841. The van der Waals surface area contributed by atoms with Gasteiger partial charge in [-0.15, -0.1) is 11.3 Å². The maximum absolute atomic E-state index is 13.8. The molecule has 45 heavy (non-hydrogen) atoms. The normalized spacial score (nSPS) is 17.6. The zero-order valence-corrected chi connectivity index (χ0v) is 27.6. The van der Waals surface area contributed by atoms with Gasteiger partial charge in [-0.05, 0) is 49.6 Å². The van der Waals surface area contributed by atoms with E-state index in [1.807, 2.05) is 31.2 Å². The number of hydrogen-bond donors (Lipinski definition) is 3. The molecule has 2 aromatic rings. The van der Waals surface area contributed by atoms with Crippen molar-refractivity contribution < 1.29 is 29.3 Å². The summed E-state index contributed by atoms with van der Waals surface area (Å²) in [6.45, 7) is 9.06. The number of benzene rings is 1. The number of thioether (sulfide) groups is 1. The van der Waals surface area contributed by atoms with Crippen LogP contribution in [-0.4, -0.2) is 105 Å². The van der Waals surface area contributed by atoms with Crippen LogP contribution in [0.1, 0.15) is 44.0 Å². The van der Waals surface area contributed by atoms with Gasteiger partial charge in [0, 0.05) is 36.2 Å². The highest BCUT2D eigenvalue weighted by molar-refractivity contribution is 8.00. The molecule has 0 unspecified atom stereocenters. The van der Waals surface area contributed by atoms with Crippen molar-refractivity contribution in [2.45, 2.75) is 62.6 Å². The van der Waals surface area contributed by atoms with Crippen molar-refractivity contribution in [3.05, 3.63) is 64.1 Å². The van der Waals surface area contributed by atoms with Gasteiger partial charge in [0.1, 0.15) is 18.7 Å². The van der Waals surface area contributed by atoms with Crippen molar-refractivity contribution in [3.8, 4) is 10.4 Å². The largest absolute Gasteiger partial charge is 0.445 e. The van der Waals surface area contributed by atoms with Gasteiger partial charge in [-0.25, -0.2) is 9.78 Å². The lowest BCUT2D eigenvalue weighted by Gasteiger charge is -2.34. The molecule has 15 heteroatoms. The number of ether oxygens (including phenoxy) is 1. The first kappa shape index (κ1) is 35.9. The predicted molar refractivity (Wildman–Crippen MR) is 175 cm³/mol. The van der Waals surface area contributed by atoms with Crippen LogP contribution < -0.4 is 5.32 Å². The second-order valence-electron chi connectivity index (χ2n) is 11.2. The minimum Gasteiger partial charge on any atom is -0.445 e. The van der Waals surface area contributed by atoms with E-state index in [1.165, 1.54) is 39.0 Å². The minimum atomic E-state index is -1.17. The summed E-state index contributed by atoms with van der Waals surface area (Å²) in [4.78, 5) is 50.2. The summed E-state index contributed by atoms with van der Waals surface area (Å²) in [6.07, 6.45) is 0.665. The molecule has 3 rings (SSSR count). The van der Waals surface area contributed by atoms with Crippen molar-refractivity contribution in [3.63, 3.8) is 0 Å². The summed E-state index contributed by atoms with van der Waals surface area (Å²) < 4.78 is 4.14. The molecule has 1 aromatic heterocycles. The van der Waals surface area contributed by atoms with Gasteiger partial charge in [0.15, 0.2) is 0 Å². The number of aryl methyl sites for hydroxylation is 1. The van der Waals surface area contributed by atoms with Crippen LogP contribution in [0.15, 0.2) is 47.5 Å². The first-order valence-electron chi connectivity index (χ1n) is 14.5. The van der Waals surface area contributed by atoms with Crippen molar-refractivity contribution >= 4 is 41.0 Å². The Balaban J connectivity index is 1.67. The molecule has 244 valence electrons. The Labute approximate surface area is 271 Å². The van der Waals surface area contributed by atoms with Crippen molar-refractivity contribution in [1.29, 1.82) is 0 Å². The Morgan fingerprint density at radius 3 is 2.69 bits per heavy atom. The SMILES string of the molecule is C=CCOC(=O)N(C)CCCSC(C)(C)[C@H](N=[N+]=[N-])C(=O)N1C[C@H](O)C[C@H]1C(=O)N[C@@H](CO)c1ccc(-c2scnc2C)cc1. The third kappa shape index (κ3) is 9.44. The summed E-state index contributed by atoms with van der Waals surface area (Å²) in [6, 6.07) is 4.51. The zero-order valence-electron chi connectivity index (χ0n) is 26.0. The maximum Gasteiger partial charge on any atom is 0.409 e. The lowest BCUT2D eigenvalue weighted by Crippen LogP contribution is -2.53. The molecule has 1 saturated heterocycles. The molecule has 1 aromatic carbocycles. The van der Waals surface area contributed by atoms with Crippen LogP contribution in [0.3, 0.4) is 0 Å². The van der Waals surface area contributed by atoms with E-state index in [1.54, 1.807) is 26.4 Å². The lowest BCUT2D eigenvalue weighted by atomic mass is 10.0. The van der Waals surface area contributed by atoms with Gasteiger partial charge in [-0.1, -0.05) is 42.0 Å². The van der Waals surface area contributed by atoms with Gasteiger partial charge >= 0.3 is 6.09 Å². The molecular formula is C30H41N7O6S2. The highest BCUT2D eigenvalue weighted by Gasteiger charge is 2.45. The van der Waals surface area contributed by atoms with E-state index in [0.29, 0.717) is 24.3 Å². The molecule has 3 N–H and O–H groups in total. The van der Waals surface area contributed by atoms with E-state index in [-0.39, 0.29) is 26.2 Å². The molecule has 0 spiro atoms. The van der Waals surface area contributed by atoms with Crippen molar-refractivity contribution in [2.24, 2.45) is 5.11 Å². The van der Waals surface area contributed by atoms with Gasteiger partial charge in [0.25, 0.3) is 0 Å². The number of aliphatic hydroxyl groups excluding tert-OH is 2. The average molecular weight is 660 g/mol. The molecule has 0 bridgehead atoms. The number of thiazole rings is 1. The van der Waals surface area contributed by atoms with E-state index >= 15 is 0 Å². The Bertz CT molecular complexity index is 1380. The van der Waals surface area contributed by atoms with Crippen LogP contribution in [0, 0.1) is 6.92 Å². The van der Waals surface area contributed by atoms with Crippen LogP contribution >= 0.6 is 23.1 Å². The highest BCUT2D eigenvalue weighted by atomic mass is 32.2. The van der Waals surface area contributed by atoms with Gasteiger partial charge < -0.3 is 30.1 Å². The van der Waals surface area contributed by atoms with Gasteiger partial charge in [0.05, 0.1) is 34.8 Å². The van der Waals surface area contributed by atoms with Crippen molar-refractivity contribution in [2.75, 3.05) is 39.1 Å². The first-order valence-corrected chi connectivity index (χ1v) is 16.4. The number of nitrogens with one attached hydrogen (secondary N) is 1. The number of azide groups is 1. The maximum atomic E-state index is 13.8. The van der Waals surface area contributed by atoms with Crippen molar-refractivity contribution in [1.82, 2.24) is 20.1 Å². The zero-order chi connectivity index (χ0) is 33.1. The molecule has 1 aliphatic heterocycles. The van der Waals surface area contributed by atoms with E-state index in [2.05, 4.69) is 26.9 Å². The first-order chi connectivity index (χ1) is 21.4. The van der Waals surface area contributed by atoms with Gasteiger partial charge in [0.2, 0.25) is 11.8 Å². The van der Waals surface area contributed by atoms with E-state index in [4.69, 9.17) is 4.74 Å². The second-order valence-corrected chi connectivity index (χ2v) is 13.8. The lowest BCUT2D eigenvalue weighted by molar-refractivity contribution is -0.140. The molecule has 3 amide bonds. The van der Waals surface area contributed by atoms with Crippen LogP contribution in [0.4, 0.5) is 4.79 Å². The van der Waals surface area contributed by atoms with Gasteiger partial charge in [-0.2, -0.15) is 11.8 Å². The third-order valence-corrected chi connectivity index (χ3v) is 9.93. The Hall–Kier alpha value is -3.62. The molecule has 0 aliphatic carbocycles. The third-order valence-electron chi connectivity index (χ3n) is 7.49. The molecule has 2 heterocycles. The smallest absolute Gasteiger partial charge is 0.409 e. The molecule has 0 saturated carbocycles. The summed E-state index contributed by atoms with van der Waals surface area (Å²) in [5.41, 5.74) is 13.7. The number of likely N-dealkylation sites (tertiary alicyclic amines) is 1. The fraction of sp³-hybridized carbons (Fsp3) is 0.533. The van der Waals surface area contributed by atoms with E-state index < -0.39 is 46.9 Å². The van der Waals surface area contributed by atoms with Crippen LogP contribution in [-0.2, 0) is 14.3 Å². The number of amides is 3. The topological polar surface area (TPSA) is 181 Å². The molecular weight excluding hydrogens is 619 g/mol. The van der Waals surface area contributed by atoms with E-state index in [0.717, 1.165) is 16.1 Å². The Morgan fingerprint density at radius 2 is 2.09 bits per heavy atom. The van der Waals surface area contributed by atoms with E-state index in [9.17, 15) is 30.1 Å². The number of carbonyl (C=O) groups excluding carboxylic acids is 3. The standard InChI is InChI=1S/C30H41N7O6S2/c1-6-13-43-29(42)36(5)12-7-14-45-30(3,4)26(34-35-31)28(41)37-16-22(39)15-24(37)27(40)33-23(17-38)20-8-10-21(11-9-20)25-19(2)32-18-44-25/h6,8-11,18,22-24,26,38-39H,1,7,12-17H2,2-5H3,(H,33,40)/t22-,23+,24+,26-/m1/s1. The summed E-state index contributed by atoms with van der Waals surface area (Å²) in [5, 5.41) is 27.2.